The highest BCUT2D eigenvalue weighted by Gasteiger charge is 2.11. The molecule has 0 atom stereocenters. The molecular weight excluding hydrogens is 230 g/mol. The maximum atomic E-state index is 8.73. The van der Waals surface area contributed by atoms with Crippen LogP contribution < -0.4 is 0 Å². The van der Waals surface area contributed by atoms with Crippen molar-refractivity contribution in [2.75, 3.05) is 0 Å². The van der Waals surface area contributed by atoms with Crippen molar-refractivity contribution in [1.29, 1.82) is 5.26 Å². The Bertz CT molecular complexity index is 707. The first kappa shape index (κ1) is 10.2. The van der Waals surface area contributed by atoms with Crippen LogP contribution in [-0.2, 0) is 0 Å². The summed E-state index contributed by atoms with van der Waals surface area (Å²) >= 11 is 0. The highest BCUT2D eigenvalue weighted by molar-refractivity contribution is 5.57. The summed E-state index contributed by atoms with van der Waals surface area (Å²) in [5, 5.41) is 12.6. The molecule has 6 nitrogen and oxygen atoms in total. The van der Waals surface area contributed by atoms with Crippen molar-refractivity contribution in [3.8, 4) is 29.0 Å². The minimum atomic E-state index is 0.350. The summed E-state index contributed by atoms with van der Waals surface area (Å²) in [5.74, 6) is 0.837. The van der Waals surface area contributed by atoms with Gasteiger partial charge < -0.3 is 9.51 Å². The van der Waals surface area contributed by atoms with Gasteiger partial charge in [0.25, 0.3) is 5.89 Å². The van der Waals surface area contributed by atoms with Gasteiger partial charge in [-0.3, -0.25) is 4.98 Å². The topological polar surface area (TPSA) is 91.4 Å². The lowest BCUT2D eigenvalue weighted by Gasteiger charge is -1.89. The standard InChI is InChI=1S/C12H7N5O/c13-7-9-1-2-10(15-9)12-16-11(17-18-12)8-3-5-14-6-4-8/h1-6,15H. The molecule has 6 heteroatoms. The minimum absolute atomic E-state index is 0.350. The zero-order chi connectivity index (χ0) is 12.4. The van der Waals surface area contributed by atoms with Gasteiger partial charge in [0.05, 0.1) is 0 Å². The molecule has 0 spiro atoms. The normalized spacial score (nSPS) is 10.2. The van der Waals surface area contributed by atoms with Crippen LogP contribution >= 0.6 is 0 Å². The molecule has 1 N–H and O–H groups in total. The van der Waals surface area contributed by atoms with E-state index in [0.29, 0.717) is 23.1 Å². The molecule has 0 aliphatic carbocycles. The van der Waals surface area contributed by atoms with Gasteiger partial charge in [0, 0.05) is 18.0 Å². The second-order valence-electron chi connectivity index (χ2n) is 3.56. The number of aromatic amines is 1. The molecule has 0 unspecified atom stereocenters. The van der Waals surface area contributed by atoms with Gasteiger partial charge >= 0.3 is 0 Å². The molecule has 18 heavy (non-hydrogen) atoms. The van der Waals surface area contributed by atoms with Crippen molar-refractivity contribution < 1.29 is 4.52 Å². The lowest BCUT2D eigenvalue weighted by atomic mass is 10.2. The average molecular weight is 237 g/mol. The maximum Gasteiger partial charge on any atom is 0.274 e. The van der Waals surface area contributed by atoms with Gasteiger partial charge in [-0.1, -0.05) is 5.16 Å². The predicted octanol–water partition coefficient (Wildman–Crippen LogP) is 2.00. The Kier molecular flexibility index (Phi) is 2.35. The molecule has 0 aliphatic heterocycles. The Hall–Kier alpha value is -2.94. The molecular formula is C12H7N5O. The highest BCUT2D eigenvalue weighted by Crippen LogP contribution is 2.20. The second-order valence-corrected chi connectivity index (χ2v) is 3.56. The SMILES string of the molecule is N#Cc1ccc(-c2nc(-c3ccncc3)no2)[nH]1. The summed E-state index contributed by atoms with van der Waals surface area (Å²) in [5.41, 5.74) is 1.90. The van der Waals surface area contributed by atoms with E-state index in [1.165, 1.54) is 0 Å². The third kappa shape index (κ3) is 1.74. The van der Waals surface area contributed by atoms with E-state index in [-0.39, 0.29) is 0 Å². The highest BCUT2D eigenvalue weighted by atomic mass is 16.5. The van der Waals surface area contributed by atoms with E-state index in [0.717, 1.165) is 5.56 Å². The van der Waals surface area contributed by atoms with Crippen molar-refractivity contribution in [3.05, 3.63) is 42.4 Å². The number of rotatable bonds is 2. The number of H-pyrrole nitrogens is 1. The summed E-state index contributed by atoms with van der Waals surface area (Å²) in [4.78, 5) is 11.0. The number of nitrogens with one attached hydrogen (secondary N) is 1. The summed E-state index contributed by atoms with van der Waals surface area (Å²) in [6.45, 7) is 0. The van der Waals surface area contributed by atoms with E-state index in [9.17, 15) is 0 Å². The maximum absolute atomic E-state index is 8.73. The Balaban J connectivity index is 1.97. The summed E-state index contributed by atoms with van der Waals surface area (Å²) in [6.07, 6.45) is 3.32. The van der Waals surface area contributed by atoms with Crippen LogP contribution in [-0.4, -0.2) is 20.1 Å². The molecule has 0 bridgehead atoms. The lowest BCUT2D eigenvalue weighted by molar-refractivity contribution is 0.431. The largest absolute Gasteiger partial charge is 0.342 e. The Morgan fingerprint density at radius 1 is 1.17 bits per heavy atom. The molecule has 0 radical (unpaired) electrons. The molecule has 0 aromatic carbocycles. The monoisotopic (exact) mass is 237 g/mol. The van der Waals surface area contributed by atoms with E-state index in [4.69, 9.17) is 9.78 Å². The van der Waals surface area contributed by atoms with Crippen LogP contribution in [0.2, 0.25) is 0 Å². The van der Waals surface area contributed by atoms with E-state index in [1.807, 2.05) is 6.07 Å². The number of nitrogens with zero attached hydrogens (tertiary/aromatic N) is 4. The van der Waals surface area contributed by atoms with Crippen LogP contribution in [0.4, 0.5) is 0 Å². The molecule has 86 valence electrons. The number of hydrogen-bond acceptors (Lipinski definition) is 5. The quantitative estimate of drug-likeness (QED) is 0.735. The van der Waals surface area contributed by atoms with Crippen LogP contribution in [0, 0.1) is 11.3 Å². The fourth-order valence-corrected chi connectivity index (χ4v) is 1.54. The van der Waals surface area contributed by atoms with Gasteiger partial charge in [0.15, 0.2) is 0 Å². The summed E-state index contributed by atoms with van der Waals surface area (Å²) in [6, 6.07) is 8.98. The van der Waals surface area contributed by atoms with Crippen molar-refractivity contribution in [1.82, 2.24) is 20.1 Å². The van der Waals surface area contributed by atoms with Gasteiger partial charge in [0.2, 0.25) is 5.82 Å². The average Bonchev–Trinajstić information content (AvgIpc) is 3.08. The molecule has 3 rings (SSSR count). The minimum Gasteiger partial charge on any atom is -0.342 e. The molecule has 3 aromatic rings. The van der Waals surface area contributed by atoms with E-state index in [2.05, 4.69) is 20.1 Å². The lowest BCUT2D eigenvalue weighted by Crippen LogP contribution is -1.81. The number of nitriles is 1. The Labute approximate surface area is 102 Å². The third-order valence-corrected chi connectivity index (χ3v) is 2.40. The molecule has 3 aromatic heterocycles. The van der Waals surface area contributed by atoms with Crippen molar-refractivity contribution in [2.45, 2.75) is 0 Å². The first-order valence-electron chi connectivity index (χ1n) is 5.20. The van der Waals surface area contributed by atoms with E-state index >= 15 is 0 Å². The van der Waals surface area contributed by atoms with Crippen LogP contribution in [0.5, 0.6) is 0 Å². The van der Waals surface area contributed by atoms with Gasteiger partial charge in [-0.15, -0.1) is 0 Å². The van der Waals surface area contributed by atoms with Gasteiger partial charge in [-0.2, -0.15) is 10.2 Å². The molecule has 0 aliphatic rings. The fourth-order valence-electron chi connectivity index (χ4n) is 1.54. The molecule has 0 amide bonds. The first-order valence-corrected chi connectivity index (χ1v) is 5.20. The van der Waals surface area contributed by atoms with Gasteiger partial charge in [0.1, 0.15) is 17.5 Å². The first-order chi connectivity index (χ1) is 8.86. The van der Waals surface area contributed by atoms with Crippen molar-refractivity contribution in [3.63, 3.8) is 0 Å². The van der Waals surface area contributed by atoms with E-state index in [1.54, 1.807) is 36.7 Å². The molecule has 3 heterocycles. The zero-order valence-corrected chi connectivity index (χ0v) is 9.16. The van der Waals surface area contributed by atoms with Crippen molar-refractivity contribution in [2.24, 2.45) is 0 Å². The summed E-state index contributed by atoms with van der Waals surface area (Å²) < 4.78 is 5.14. The number of pyridine rings is 1. The number of aromatic nitrogens is 4. The van der Waals surface area contributed by atoms with E-state index < -0.39 is 0 Å². The Morgan fingerprint density at radius 2 is 2.00 bits per heavy atom. The van der Waals surface area contributed by atoms with Gasteiger partial charge in [-0.25, -0.2) is 0 Å². The predicted molar refractivity (Wildman–Crippen MR) is 62.0 cm³/mol. The van der Waals surface area contributed by atoms with Crippen LogP contribution in [0.25, 0.3) is 23.0 Å². The number of hydrogen-bond donors (Lipinski definition) is 1. The molecule has 0 saturated heterocycles. The van der Waals surface area contributed by atoms with Crippen LogP contribution in [0.15, 0.2) is 41.2 Å². The molecule has 0 fully saturated rings. The summed E-state index contributed by atoms with van der Waals surface area (Å²) in [7, 11) is 0. The zero-order valence-electron chi connectivity index (χ0n) is 9.16. The third-order valence-electron chi connectivity index (χ3n) is 2.40. The smallest absolute Gasteiger partial charge is 0.274 e. The Morgan fingerprint density at radius 3 is 2.72 bits per heavy atom. The fraction of sp³-hybridized carbons (Fsp3) is 0. The van der Waals surface area contributed by atoms with Gasteiger partial charge in [-0.05, 0) is 24.3 Å². The van der Waals surface area contributed by atoms with Crippen LogP contribution in [0.3, 0.4) is 0 Å². The van der Waals surface area contributed by atoms with Crippen molar-refractivity contribution >= 4 is 0 Å². The molecule has 0 saturated carbocycles. The second kappa shape index (κ2) is 4.14. The van der Waals surface area contributed by atoms with Crippen LogP contribution in [0.1, 0.15) is 5.69 Å².